The molecule has 2 atom stereocenters. The lowest BCUT2D eigenvalue weighted by Gasteiger charge is -2.24. The van der Waals surface area contributed by atoms with Gasteiger partial charge in [-0.3, -0.25) is 20.2 Å². The van der Waals surface area contributed by atoms with E-state index in [1.54, 1.807) is 46.9 Å². The van der Waals surface area contributed by atoms with Crippen LogP contribution in [0.25, 0.3) is 0 Å². The first-order chi connectivity index (χ1) is 29.2. The van der Waals surface area contributed by atoms with Crippen LogP contribution >= 0.6 is 45.3 Å². The molecule has 2 unspecified atom stereocenters. The van der Waals surface area contributed by atoms with Gasteiger partial charge in [0.15, 0.2) is 10.0 Å². The average Bonchev–Trinajstić information content (AvgIpc) is 4.12. The van der Waals surface area contributed by atoms with Gasteiger partial charge in [-0.2, -0.15) is 10.2 Å². The van der Waals surface area contributed by atoms with E-state index < -0.39 is 9.85 Å². The largest absolute Gasteiger partial charge is 0.269 e. The average molecular weight is 871 g/mol. The van der Waals surface area contributed by atoms with Crippen molar-refractivity contribution in [3.63, 3.8) is 0 Å². The molecule has 2 aliphatic rings. The van der Waals surface area contributed by atoms with Crippen molar-refractivity contribution in [3.05, 3.63) is 160 Å². The van der Waals surface area contributed by atoms with Crippen LogP contribution in [0.3, 0.4) is 0 Å². The van der Waals surface area contributed by atoms with E-state index >= 15 is 0 Å². The molecule has 3 aromatic carbocycles. The van der Waals surface area contributed by atoms with Crippen LogP contribution in [0.15, 0.2) is 138 Å². The Bertz CT molecular complexity index is 2620. The van der Waals surface area contributed by atoms with Gasteiger partial charge < -0.3 is 0 Å². The van der Waals surface area contributed by atoms with Crippen molar-refractivity contribution in [2.75, 3.05) is 10.0 Å². The van der Waals surface area contributed by atoms with E-state index in [-0.39, 0.29) is 23.5 Å². The minimum absolute atomic E-state index is 0.0126. The summed E-state index contributed by atoms with van der Waals surface area (Å²) in [6, 6.07) is 28.4. The molecule has 0 fully saturated rings. The summed E-state index contributed by atoms with van der Waals surface area (Å²) in [5, 5.41) is 60.5. The number of nitro groups is 2. The summed E-state index contributed by atoms with van der Waals surface area (Å²) in [6.07, 6.45) is 1.35. The van der Waals surface area contributed by atoms with Crippen LogP contribution in [0.5, 0.6) is 0 Å². The molecule has 0 radical (unpaired) electrons. The summed E-state index contributed by atoms with van der Waals surface area (Å²) in [5.74, 6) is 0. The zero-order valence-corrected chi connectivity index (χ0v) is 34.9. The molecule has 2 aliphatic heterocycles. The van der Waals surface area contributed by atoms with Gasteiger partial charge in [0, 0.05) is 37.1 Å². The zero-order chi connectivity index (χ0) is 41.3. The Labute approximate surface area is 357 Å². The number of thiophene rings is 2. The fraction of sp³-hybridized carbons (Fsp3) is 0.150. The van der Waals surface area contributed by atoms with Gasteiger partial charge in [-0.25, -0.2) is 20.0 Å². The number of hydrazone groups is 2. The van der Waals surface area contributed by atoms with Crippen molar-refractivity contribution in [1.29, 1.82) is 0 Å². The van der Waals surface area contributed by atoms with Crippen molar-refractivity contribution >= 4 is 99.8 Å². The van der Waals surface area contributed by atoms with Crippen molar-refractivity contribution in [3.8, 4) is 0 Å². The van der Waals surface area contributed by atoms with Crippen LogP contribution in [-0.2, 0) is 0 Å². The van der Waals surface area contributed by atoms with Crippen LogP contribution in [0.2, 0.25) is 0 Å². The molecule has 9 rings (SSSR count). The summed E-state index contributed by atoms with van der Waals surface area (Å²) >= 11 is 6.06. The third-order valence-corrected chi connectivity index (χ3v) is 13.6. The van der Waals surface area contributed by atoms with E-state index in [4.69, 9.17) is 20.2 Å². The summed E-state index contributed by atoms with van der Waals surface area (Å²) in [5.41, 5.74) is 6.44. The van der Waals surface area contributed by atoms with Gasteiger partial charge in [-0.05, 0) is 72.1 Å². The Morgan fingerprint density at radius 1 is 0.583 bits per heavy atom. The van der Waals surface area contributed by atoms with Gasteiger partial charge in [0.05, 0.1) is 65.9 Å². The summed E-state index contributed by atoms with van der Waals surface area (Å²) in [4.78, 5) is 33.2. The number of hydrogen-bond donors (Lipinski definition) is 0. The van der Waals surface area contributed by atoms with Gasteiger partial charge in [-0.1, -0.05) is 59.1 Å². The summed E-state index contributed by atoms with van der Waals surface area (Å²) in [7, 11) is 0. The van der Waals surface area contributed by atoms with Gasteiger partial charge in [0.25, 0.3) is 11.4 Å². The number of azo groups is 2. The maximum atomic E-state index is 11.1. The van der Waals surface area contributed by atoms with Crippen molar-refractivity contribution in [1.82, 2.24) is 9.97 Å². The molecule has 0 spiro atoms. The number of aryl methyl sites for hydroxylation is 2. The standard InChI is InChI=1S/C40H30N12O4S4/c1-23-37(45-43-27-11-15-29(16-12-27)51(53)54)59-39(41-23)49-33(21-31(47-49)35-5-3-19-57-35)25-7-9-26(10-8-25)34-22-32(36-6-4-20-58-36)48-50(34)40-42-24(2)38(60-40)46-44-28-13-17-30(18-14-28)52(55)56/h3-20,33-34H,21-22H2,1-2H3. The maximum Gasteiger partial charge on any atom is 0.269 e. The number of benzene rings is 3. The Hall–Kier alpha value is -6.74. The molecule has 16 nitrogen and oxygen atoms in total. The third-order valence-electron chi connectivity index (χ3n) is 9.69. The Morgan fingerprint density at radius 2 is 0.983 bits per heavy atom. The quantitative estimate of drug-likeness (QED) is 0.0657. The number of anilines is 2. The first-order valence-electron chi connectivity index (χ1n) is 18.3. The number of aromatic nitrogens is 2. The highest BCUT2D eigenvalue weighted by atomic mass is 32.1. The number of hydrogen-bond acceptors (Lipinski definition) is 18. The van der Waals surface area contributed by atoms with Crippen LogP contribution < -0.4 is 10.0 Å². The second-order valence-corrected chi connectivity index (χ2v) is 17.4. The topological polar surface area (TPSA) is 193 Å². The Morgan fingerprint density at radius 3 is 1.33 bits per heavy atom. The molecule has 4 aromatic heterocycles. The molecule has 0 saturated heterocycles. The molecule has 0 bridgehead atoms. The van der Waals surface area contributed by atoms with E-state index in [1.807, 2.05) is 46.8 Å². The predicted octanol–water partition coefficient (Wildman–Crippen LogP) is 12.7. The number of rotatable bonds is 12. The minimum atomic E-state index is -0.450. The molecule has 298 valence electrons. The molecule has 20 heteroatoms. The number of nitrogens with zero attached hydrogens (tertiary/aromatic N) is 12. The number of thiazole rings is 2. The zero-order valence-electron chi connectivity index (χ0n) is 31.6. The van der Waals surface area contributed by atoms with Gasteiger partial charge in [-0.15, -0.1) is 43.1 Å². The van der Waals surface area contributed by atoms with Crippen LogP contribution in [-0.4, -0.2) is 31.2 Å². The third kappa shape index (κ3) is 8.00. The first-order valence-corrected chi connectivity index (χ1v) is 21.7. The molecule has 0 aliphatic carbocycles. The monoisotopic (exact) mass is 870 g/mol. The Balaban J connectivity index is 0.986. The van der Waals surface area contributed by atoms with E-state index in [0.29, 0.717) is 55.9 Å². The van der Waals surface area contributed by atoms with E-state index in [1.165, 1.54) is 46.9 Å². The highest BCUT2D eigenvalue weighted by Gasteiger charge is 2.35. The maximum absolute atomic E-state index is 11.1. The van der Waals surface area contributed by atoms with Gasteiger partial charge in [0.1, 0.15) is 0 Å². The summed E-state index contributed by atoms with van der Waals surface area (Å²) in [6.45, 7) is 3.76. The Kier molecular flexibility index (Phi) is 10.7. The van der Waals surface area contributed by atoms with E-state index in [0.717, 1.165) is 32.3 Å². The van der Waals surface area contributed by atoms with Gasteiger partial charge >= 0.3 is 0 Å². The van der Waals surface area contributed by atoms with Crippen LogP contribution in [0, 0.1) is 34.1 Å². The normalized spacial score (nSPS) is 16.6. The highest BCUT2D eigenvalue weighted by Crippen LogP contribution is 2.45. The lowest BCUT2D eigenvalue weighted by molar-refractivity contribution is -0.385. The van der Waals surface area contributed by atoms with Crippen molar-refractivity contribution in [2.45, 2.75) is 38.8 Å². The fourth-order valence-corrected chi connectivity index (χ4v) is 9.86. The van der Waals surface area contributed by atoms with Gasteiger partial charge in [0.2, 0.25) is 10.3 Å². The van der Waals surface area contributed by atoms with E-state index in [9.17, 15) is 20.2 Å². The number of nitro benzene ring substituents is 2. The van der Waals surface area contributed by atoms with Crippen LogP contribution in [0.4, 0.5) is 43.0 Å². The second-order valence-electron chi connectivity index (χ2n) is 13.6. The second kappa shape index (κ2) is 16.5. The molecular formula is C40H30N12O4S4. The van der Waals surface area contributed by atoms with Crippen molar-refractivity contribution < 1.29 is 9.85 Å². The molecular weight excluding hydrogens is 841 g/mol. The SMILES string of the molecule is Cc1nc(N2N=C(c3cccs3)CC2c2ccc(C3CC(c4cccs4)=NN3c3nc(C)c(N=Nc4ccc([N+](=O)[O-])cc4)s3)cc2)sc1N=Nc1ccc([N+](=O)[O-])cc1. The predicted molar refractivity (Wildman–Crippen MR) is 236 cm³/mol. The molecule has 6 heterocycles. The summed E-state index contributed by atoms with van der Waals surface area (Å²) < 4.78 is 0. The van der Waals surface area contributed by atoms with Crippen molar-refractivity contribution in [2.24, 2.45) is 30.7 Å². The highest BCUT2D eigenvalue weighted by molar-refractivity contribution is 7.19. The first kappa shape index (κ1) is 38.8. The molecule has 0 amide bonds. The molecule has 7 aromatic rings. The number of non-ortho nitro benzene ring substituents is 2. The lowest BCUT2D eigenvalue weighted by Crippen LogP contribution is -2.20. The fourth-order valence-electron chi connectivity index (χ4n) is 6.63. The van der Waals surface area contributed by atoms with E-state index in [2.05, 4.69) is 56.9 Å². The smallest absolute Gasteiger partial charge is 0.258 e. The minimum Gasteiger partial charge on any atom is -0.258 e. The molecule has 60 heavy (non-hydrogen) atoms. The molecule has 0 saturated carbocycles. The van der Waals surface area contributed by atoms with Crippen LogP contribution in [0.1, 0.15) is 57.2 Å². The molecule has 0 N–H and O–H groups in total. The lowest BCUT2D eigenvalue weighted by atomic mass is 9.96.